The number of hydrogen-bond donors (Lipinski definition) is 1. The number of ether oxygens (including phenoxy) is 1. The van der Waals surface area contributed by atoms with Crippen LogP contribution in [0.5, 0.6) is 5.75 Å². The Morgan fingerprint density at radius 1 is 1.38 bits per heavy atom. The first kappa shape index (κ1) is 11.9. The van der Waals surface area contributed by atoms with Crippen LogP contribution in [0.15, 0.2) is 6.07 Å². The van der Waals surface area contributed by atoms with Crippen molar-refractivity contribution in [1.29, 1.82) is 0 Å². The number of aldehydes is 2. The third kappa shape index (κ3) is 1.79. The number of carbonyl (C=O) groups excluding carboxylic acids is 2. The molecule has 0 unspecified atom stereocenters. The molecule has 1 rings (SSSR count). The number of methoxy groups -OCH3 is 1. The van der Waals surface area contributed by atoms with Gasteiger partial charge >= 0.3 is 5.97 Å². The zero-order chi connectivity index (χ0) is 12.3. The molecule has 0 saturated heterocycles. The molecule has 16 heavy (non-hydrogen) atoms. The lowest BCUT2D eigenvalue weighted by Crippen LogP contribution is -2.09. The van der Waals surface area contributed by atoms with E-state index < -0.39 is 5.97 Å². The topological polar surface area (TPSA) is 80.7 Å². The zero-order valence-corrected chi connectivity index (χ0v) is 8.81. The molecule has 0 aromatic heterocycles. The highest BCUT2D eigenvalue weighted by atomic mass is 16.5. The van der Waals surface area contributed by atoms with E-state index in [4.69, 9.17) is 9.84 Å². The molecule has 0 heterocycles. The van der Waals surface area contributed by atoms with E-state index in [9.17, 15) is 14.4 Å². The van der Waals surface area contributed by atoms with Crippen molar-refractivity contribution in [2.45, 2.75) is 6.92 Å². The number of aryl methyl sites for hydroxylation is 1. The molecule has 0 amide bonds. The summed E-state index contributed by atoms with van der Waals surface area (Å²) in [6.07, 6.45) is 0.789. The van der Waals surface area contributed by atoms with E-state index >= 15 is 0 Å². The third-order valence-corrected chi connectivity index (χ3v) is 2.20. The van der Waals surface area contributed by atoms with Crippen LogP contribution in [0, 0.1) is 6.92 Å². The number of hydrogen-bond acceptors (Lipinski definition) is 4. The van der Waals surface area contributed by atoms with E-state index in [0.717, 1.165) is 0 Å². The molecule has 1 aromatic carbocycles. The maximum atomic E-state index is 11.0. The van der Waals surface area contributed by atoms with Gasteiger partial charge in [-0.05, 0) is 18.6 Å². The minimum Gasteiger partial charge on any atom is -0.496 e. The van der Waals surface area contributed by atoms with Crippen molar-refractivity contribution in [2.24, 2.45) is 0 Å². The first-order valence-corrected chi connectivity index (χ1v) is 4.42. The Labute approximate surface area is 91.6 Å². The lowest BCUT2D eigenvalue weighted by Gasteiger charge is -2.11. The number of aromatic carboxylic acids is 1. The van der Waals surface area contributed by atoms with Crippen LogP contribution in [0.1, 0.15) is 36.6 Å². The average molecular weight is 222 g/mol. The summed E-state index contributed by atoms with van der Waals surface area (Å²) < 4.78 is 4.92. The van der Waals surface area contributed by atoms with Gasteiger partial charge in [-0.15, -0.1) is 0 Å². The standard InChI is InChI=1S/C11H10O5/c1-6-3-7(4-12)8(5-13)9(11(14)15)10(6)16-2/h3-5H,1-2H3,(H,14,15). The summed E-state index contributed by atoms with van der Waals surface area (Å²) in [7, 11) is 1.31. The Morgan fingerprint density at radius 3 is 2.38 bits per heavy atom. The van der Waals surface area contributed by atoms with Gasteiger partial charge in [-0.3, -0.25) is 9.59 Å². The minimum absolute atomic E-state index is 0.0469. The van der Waals surface area contributed by atoms with Gasteiger partial charge in [0.05, 0.1) is 7.11 Å². The lowest BCUT2D eigenvalue weighted by molar-refractivity contribution is 0.0690. The van der Waals surface area contributed by atoms with Gasteiger partial charge in [0.25, 0.3) is 0 Å². The van der Waals surface area contributed by atoms with Crippen LogP contribution in [0.25, 0.3) is 0 Å². The van der Waals surface area contributed by atoms with E-state index in [1.807, 2.05) is 0 Å². The van der Waals surface area contributed by atoms with Crippen molar-refractivity contribution >= 4 is 18.5 Å². The SMILES string of the molecule is COc1c(C)cc(C=O)c(C=O)c1C(=O)O. The van der Waals surface area contributed by atoms with Gasteiger partial charge in [0.2, 0.25) is 0 Å². The molecule has 0 spiro atoms. The highest BCUT2D eigenvalue weighted by molar-refractivity contribution is 6.05. The van der Waals surface area contributed by atoms with E-state index in [1.165, 1.54) is 13.2 Å². The molecule has 0 radical (unpaired) electrons. The molecular formula is C11H10O5. The maximum Gasteiger partial charge on any atom is 0.340 e. The van der Waals surface area contributed by atoms with E-state index in [1.54, 1.807) is 6.92 Å². The molecule has 84 valence electrons. The monoisotopic (exact) mass is 222 g/mol. The van der Waals surface area contributed by atoms with Gasteiger partial charge in [-0.1, -0.05) is 0 Å². The molecule has 0 bridgehead atoms. The predicted molar refractivity (Wildman–Crippen MR) is 55.5 cm³/mol. The fourth-order valence-electron chi connectivity index (χ4n) is 1.54. The molecule has 0 aliphatic rings. The molecule has 0 atom stereocenters. The van der Waals surface area contributed by atoms with Crippen molar-refractivity contribution in [2.75, 3.05) is 7.11 Å². The van der Waals surface area contributed by atoms with Gasteiger partial charge in [0.15, 0.2) is 12.6 Å². The van der Waals surface area contributed by atoms with Crippen molar-refractivity contribution in [3.63, 3.8) is 0 Å². The van der Waals surface area contributed by atoms with Crippen LogP contribution in [0.3, 0.4) is 0 Å². The molecule has 0 aliphatic carbocycles. The van der Waals surface area contributed by atoms with Gasteiger partial charge in [0, 0.05) is 11.1 Å². The van der Waals surface area contributed by atoms with Gasteiger partial charge in [0.1, 0.15) is 11.3 Å². The first-order valence-electron chi connectivity index (χ1n) is 4.42. The highest BCUT2D eigenvalue weighted by Gasteiger charge is 2.21. The third-order valence-electron chi connectivity index (χ3n) is 2.20. The fourth-order valence-corrected chi connectivity index (χ4v) is 1.54. The molecule has 0 aliphatic heterocycles. The van der Waals surface area contributed by atoms with E-state index in [0.29, 0.717) is 18.1 Å². The summed E-state index contributed by atoms with van der Waals surface area (Å²) in [6, 6.07) is 1.42. The van der Waals surface area contributed by atoms with Crippen LogP contribution in [-0.4, -0.2) is 30.8 Å². The predicted octanol–water partition coefficient (Wildman–Crippen LogP) is 1.33. The Balaban J connectivity index is 3.73. The van der Waals surface area contributed by atoms with Crippen LogP contribution < -0.4 is 4.74 Å². The van der Waals surface area contributed by atoms with Crippen LogP contribution >= 0.6 is 0 Å². The fraction of sp³-hybridized carbons (Fsp3) is 0.182. The number of carboxylic acid groups (broad SMARTS) is 1. The van der Waals surface area contributed by atoms with E-state index in [2.05, 4.69) is 0 Å². The van der Waals surface area contributed by atoms with Gasteiger partial charge in [-0.25, -0.2) is 4.79 Å². The van der Waals surface area contributed by atoms with Crippen molar-refractivity contribution < 1.29 is 24.2 Å². The average Bonchev–Trinajstić information content (AvgIpc) is 2.27. The Morgan fingerprint density at radius 2 is 2.00 bits per heavy atom. The second kappa shape index (κ2) is 4.57. The summed E-state index contributed by atoms with van der Waals surface area (Å²) in [4.78, 5) is 32.6. The van der Waals surface area contributed by atoms with Crippen LogP contribution in [0.2, 0.25) is 0 Å². The van der Waals surface area contributed by atoms with Crippen molar-refractivity contribution in [1.82, 2.24) is 0 Å². The molecular weight excluding hydrogens is 212 g/mol. The minimum atomic E-state index is -1.30. The summed E-state index contributed by atoms with van der Waals surface area (Å²) >= 11 is 0. The molecule has 1 aromatic rings. The molecule has 1 N–H and O–H groups in total. The number of carboxylic acids is 1. The normalized spacial score (nSPS) is 9.62. The Hall–Kier alpha value is -2.17. The maximum absolute atomic E-state index is 11.0. The van der Waals surface area contributed by atoms with Crippen LogP contribution in [-0.2, 0) is 0 Å². The Bertz CT molecular complexity index is 462. The number of benzene rings is 1. The van der Waals surface area contributed by atoms with Gasteiger partial charge < -0.3 is 9.84 Å². The molecule has 0 fully saturated rings. The van der Waals surface area contributed by atoms with Crippen molar-refractivity contribution in [3.05, 3.63) is 28.3 Å². The lowest BCUT2D eigenvalue weighted by atomic mass is 9.98. The Kier molecular flexibility index (Phi) is 3.40. The second-order valence-corrected chi connectivity index (χ2v) is 3.15. The molecule has 0 saturated carbocycles. The summed E-state index contributed by atoms with van der Waals surface area (Å²) in [5.74, 6) is -1.20. The first-order chi connectivity index (χ1) is 7.56. The number of rotatable bonds is 4. The zero-order valence-electron chi connectivity index (χ0n) is 8.81. The quantitative estimate of drug-likeness (QED) is 0.777. The smallest absolute Gasteiger partial charge is 0.340 e. The molecule has 5 heteroatoms. The summed E-state index contributed by atoms with van der Waals surface area (Å²) in [5.41, 5.74) is 0.0999. The largest absolute Gasteiger partial charge is 0.496 e. The highest BCUT2D eigenvalue weighted by Crippen LogP contribution is 2.28. The summed E-state index contributed by atoms with van der Waals surface area (Å²) in [6.45, 7) is 1.60. The van der Waals surface area contributed by atoms with Crippen LogP contribution in [0.4, 0.5) is 0 Å². The summed E-state index contributed by atoms with van der Waals surface area (Å²) in [5, 5.41) is 9.00. The second-order valence-electron chi connectivity index (χ2n) is 3.15. The molecule has 5 nitrogen and oxygen atoms in total. The number of carbonyl (C=O) groups is 3. The van der Waals surface area contributed by atoms with Crippen molar-refractivity contribution in [3.8, 4) is 5.75 Å². The van der Waals surface area contributed by atoms with Gasteiger partial charge in [-0.2, -0.15) is 0 Å². The van der Waals surface area contributed by atoms with E-state index in [-0.39, 0.29) is 22.4 Å².